The van der Waals surface area contributed by atoms with Crippen molar-refractivity contribution in [3.63, 3.8) is 0 Å². The van der Waals surface area contributed by atoms with E-state index >= 15 is 0 Å². The van der Waals surface area contributed by atoms with Crippen molar-refractivity contribution in [2.24, 2.45) is 4.40 Å². The van der Waals surface area contributed by atoms with Crippen LogP contribution in [0.25, 0.3) is 0 Å². The van der Waals surface area contributed by atoms with Crippen LogP contribution in [0.3, 0.4) is 0 Å². The van der Waals surface area contributed by atoms with E-state index in [1.54, 1.807) is 58.9 Å². The summed E-state index contributed by atoms with van der Waals surface area (Å²) < 4.78 is 21.9. The Morgan fingerprint density at radius 1 is 1.29 bits per heavy atom. The van der Waals surface area contributed by atoms with Crippen molar-refractivity contribution >= 4 is 39.0 Å². The third-order valence-electron chi connectivity index (χ3n) is 2.35. The molecule has 0 saturated heterocycles. The highest BCUT2D eigenvalue weighted by molar-refractivity contribution is 9.10. The Kier molecular flexibility index (Phi) is 6.43. The van der Waals surface area contributed by atoms with Gasteiger partial charge < -0.3 is 9.29 Å². The second kappa shape index (κ2) is 7.42. The van der Waals surface area contributed by atoms with E-state index < -0.39 is 22.1 Å². The maximum Gasteiger partial charge on any atom is 0.362 e. The van der Waals surface area contributed by atoms with Crippen molar-refractivity contribution in [1.82, 2.24) is 0 Å². The lowest BCUT2D eigenvalue weighted by Gasteiger charge is -2.19. The van der Waals surface area contributed by atoms with E-state index in [-0.39, 0.29) is 11.8 Å². The van der Waals surface area contributed by atoms with Crippen LogP contribution < -0.4 is 0 Å². The molecule has 6 heteroatoms. The van der Waals surface area contributed by atoms with E-state index in [0.29, 0.717) is 5.56 Å². The number of benzene rings is 1. The van der Waals surface area contributed by atoms with Crippen LogP contribution in [0.2, 0.25) is 0 Å². The Bertz CT molecular complexity index is 521. The zero-order valence-electron chi connectivity index (χ0n) is 12.8. The molecule has 0 saturated carbocycles. The lowest BCUT2D eigenvalue weighted by Crippen LogP contribution is -2.30. The first-order chi connectivity index (χ1) is 9.61. The molecule has 0 heterocycles. The molecule has 0 fully saturated rings. The van der Waals surface area contributed by atoms with Crippen LogP contribution in [0.15, 0.2) is 33.1 Å². The zero-order valence-corrected chi connectivity index (χ0v) is 15.2. The fraction of sp³-hybridized carbons (Fsp3) is 0.467. The summed E-state index contributed by atoms with van der Waals surface area (Å²) in [6.45, 7) is 8.94. The minimum Gasteiger partial charge on any atom is -0.591 e. The average molecular weight is 374 g/mol. The molecule has 1 rings (SSSR count). The number of hydrogen-bond donors (Lipinski definition) is 0. The van der Waals surface area contributed by atoms with Crippen molar-refractivity contribution < 1.29 is 14.1 Å². The molecular formula is C15H20BrNO3S. The van der Waals surface area contributed by atoms with Gasteiger partial charge in [0.2, 0.25) is 5.71 Å². The second-order valence-electron chi connectivity index (χ2n) is 5.76. The summed E-state index contributed by atoms with van der Waals surface area (Å²) in [7, 11) is 0. The molecule has 0 aliphatic carbocycles. The Labute approximate surface area is 137 Å². The summed E-state index contributed by atoms with van der Waals surface area (Å²) in [6, 6.07) is 7.08. The molecule has 0 aromatic heterocycles. The fourth-order valence-corrected chi connectivity index (χ4v) is 2.19. The van der Waals surface area contributed by atoms with Gasteiger partial charge in [-0.2, -0.15) is 0 Å². The van der Waals surface area contributed by atoms with Gasteiger partial charge in [-0.15, -0.1) is 0 Å². The summed E-state index contributed by atoms with van der Waals surface area (Å²) in [5.41, 5.74) is 0.672. The van der Waals surface area contributed by atoms with Crippen LogP contribution in [0.1, 0.15) is 40.2 Å². The van der Waals surface area contributed by atoms with Crippen LogP contribution >= 0.6 is 15.9 Å². The number of nitrogens with zero attached hydrogens (tertiary/aromatic N) is 1. The van der Waals surface area contributed by atoms with Gasteiger partial charge in [-0.3, -0.25) is 0 Å². The first-order valence-electron chi connectivity index (χ1n) is 6.59. The fourth-order valence-electron chi connectivity index (χ4n) is 1.31. The lowest BCUT2D eigenvalue weighted by molar-refractivity contribution is -0.138. The van der Waals surface area contributed by atoms with Gasteiger partial charge in [0.1, 0.15) is 16.1 Å². The summed E-state index contributed by atoms with van der Waals surface area (Å²) in [4.78, 5) is 12.2. The molecule has 21 heavy (non-hydrogen) atoms. The Morgan fingerprint density at radius 3 is 2.24 bits per heavy atom. The van der Waals surface area contributed by atoms with Gasteiger partial charge in [0.25, 0.3) is 0 Å². The highest BCUT2D eigenvalue weighted by Gasteiger charge is 2.30. The number of esters is 1. The van der Waals surface area contributed by atoms with E-state index in [0.717, 1.165) is 4.47 Å². The SMILES string of the molecule is CC(C)OC(=O)/C(=N\[S+]([O-])C(C)(C)C)c1ccc(Br)cc1. The van der Waals surface area contributed by atoms with E-state index in [9.17, 15) is 9.35 Å². The average Bonchev–Trinajstić information content (AvgIpc) is 2.34. The smallest absolute Gasteiger partial charge is 0.362 e. The molecule has 0 spiro atoms. The molecule has 0 amide bonds. The molecule has 116 valence electrons. The molecular weight excluding hydrogens is 354 g/mol. The quantitative estimate of drug-likeness (QED) is 0.459. The lowest BCUT2D eigenvalue weighted by atomic mass is 10.1. The van der Waals surface area contributed by atoms with Crippen LogP contribution in [0.5, 0.6) is 0 Å². The third-order valence-corrected chi connectivity index (χ3v) is 4.28. The van der Waals surface area contributed by atoms with Crippen molar-refractivity contribution in [3.05, 3.63) is 34.3 Å². The predicted octanol–water partition coefficient (Wildman–Crippen LogP) is 3.65. The standard InChI is InChI=1S/C15H20BrNO3S/c1-10(2)20-14(18)13(17-21(19)15(3,4)5)11-6-8-12(16)9-7-11/h6-10H,1-5H3/b17-13-. The molecule has 1 atom stereocenters. The zero-order chi connectivity index (χ0) is 16.2. The van der Waals surface area contributed by atoms with Crippen LogP contribution in [0, 0.1) is 0 Å². The number of carbonyl (C=O) groups excluding carboxylic acids is 1. The monoisotopic (exact) mass is 373 g/mol. The van der Waals surface area contributed by atoms with Gasteiger partial charge in [-0.25, -0.2) is 4.79 Å². The van der Waals surface area contributed by atoms with Gasteiger partial charge in [0.15, 0.2) is 0 Å². The molecule has 0 aliphatic rings. The van der Waals surface area contributed by atoms with Crippen molar-refractivity contribution in [3.8, 4) is 0 Å². The van der Waals surface area contributed by atoms with Gasteiger partial charge >= 0.3 is 5.97 Å². The Balaban J connectivity index is 3.20. The highest BCUT2D eigenvalue weighted by Crippen LogP contribution is 2.20. The molecule has 1 unspecified atom stereocenters. The minimum atomic E-state index is -1.53. The summed E-state index contributed by atoms with van der Waals surface area (Å²) in [5.74, 6) is -0.565. The molecule has 1 aromatic carbocycles. The normalized spacial score (nSPS) is 14.2. The van der Waals surface area contributed by atoms with E-state index in [4.69, 9.17) is 4.74 Å². The van der Waals surface area contributed by atoms with Crippen LogP contribution in [0.4, 0.5) is 0 Å². The maximum absolute atomic E-state index is 12.2. The summed E-state index contributed by atoms with van der Waals surface area (Å²) in [6.07, 6.45) is -0.263. The Hall–Kier alpha value is -0.850. The van der Waals surface area contributed by atoms with Crippen LogP contribution in [-0.2, 0) is 20.9 Å². The number of ether oxygens (including phenoxy) is 1. The Morgan fingerprint density at radius 2 is 1.81 bits per heavy atom. The minimum absolute atomic E-state index is 0.0875. The maximum atomic E-state index is 12.2. The van der Waals surface area contributed by atoms with Gasteiger partial charge in [0.05, 0.1) is 6.10 Å². The van der Waals surface area contributed by atoms with Gasteiger partial charge in [0, 0.05) is 10.0 Å². The molecule has 0 N–H and O–H groups in total. The van der Waals surface area contributed by atoms with Crippen molar-refractivity contribution in [2.45, 2.75) is 45.5 Å². The first-order valence-corrected chi connectivity index (χ1v) is 8.49. The highest BCUT2D eigenvalue weighted by atomic mass is 79.9. The van der Waals surface area contributed by atoms with E-state index in [2.05, 4.69) is 20.3 Å². The molecule has 1 aromatic rings. The van der Waals surface area contributed by atoms with Crippen molar-refractivity contribution in [1.29, 1.82) is 0 Å². The van der Waals surface area contributed by atoms with Gasteiger partial charge in [-0.1, -0.05) is 32.5 Å². The van der Waals surface area contributed by atoms with E-state index in [1.807, 2.05) is 0 Å². The molecule has 0 radical (unpaired) electrons. The van der Waals surface area contributed by atoms with Crippen LogP contribution in [-0.4, -0.2) is 27.1 Å². The van der Waals surface area contributed by atoms with E-state index in [1.165, 1.54) is 0 Å². The molecule has 0 bridgehead atoms. The summed E-state index contributed by atoms with van der Waals surface area (Å²) in [5, 5.41) is 0. The van der Waals surface area contributed by atoms with Gasteiger partial charge in [-0.05, 0) is 46.8 Å². The number of carbonyl (C=O) groups is 1. The second-order valence-corrected chi connectivity index (χ2v) is 8.58. The topological polar surface area (TPSA) is 61.7 Å². The molecule has 4 nitrogen and oxygen atoms in total. The third kappa shape index (κ3) is 5.80. The summed E-state index contributed by atoms with van der Waals surface area (Å²) >= 11 is 1.81. The van der Waals surface area contributed by atoms with Crippen molar-refractivity contribution in [2.75, 3.05) is 0 Å². The molecule has 0 aliphatic heterocycles. The first kappa shape index (κ1) is 18.2. The number of rotatable bonds is 4. The number of hydrogen-bond acceptors (Lipinski definition) is 4. The predicted molar refractivity (Wildman–Crippen MR) is 89.8 cm³/mol. The number of halogens is 1. The largest absolute Gasteiger partial charge is 0.591 e.